The summed E-state index contributed by atoms with van der Waals surface area (Å²) in [6.45, 7) is 3.52. The van der Waals surface area contributed by atoms with Crippen molar-refractivity contribution in [2.45, 2.75) is 6.42 Å². The molecule has 3 rings (SSSR count). The lowest BCUT2D eigenvalue weighted by atomic mass is 10.00. The summed E-state index contributed by atoms with van der Waals surface area (Å²) >= 11 is 0. The Balaban J connectivity index is 2.10. The van der Waals surface area contributed by atoms with Crippen LogP contribution in [-0.4, -0.2) is 18.1 Å². The highest BCUT2D eigenvalue weighted by Crippen LogP contribution is 2.32. The van der Waals surface area contributed by atoms with Gasteiger partial charge < -0.3 is 15.8 Å². The van der Waals surface area contributed by atoms with E-state index < -0.39 is 52.7 Å². The van der Waals surface area contributed by atoms with Gasteiger partial charge in [-0.15, -0.1) is 0 Å². The second-order valence-corrected chi connectivity index (χ2v) is 6.49. The molecule has 5 nitrogen and oxygen atoms in total. The molecule has 0 radical (unpaired) electrons. The van der Waals surface area contributed by atoms with Crippen LogP contribution in [0.15, 0.2) is 43.1 Å². The number of hydrogen-bond donors (Lipinski definition) is 2. The van der Waals surface area contributed by atoms with Gasteiger partial charge in [0.15, 0.2) is 23.3 Å². The fourth-order valence-electron chi connectivity index (χ4n) is 2.94. The van der Waals surface area contributed by atoms with Crippen LogP contribution in [0.25, 0.3) is 6.08 Å². The minimum absolute atomic E-state index is 0.0478. The highest BCUT2D eigenvalue weighted by Gasteiger charge is 2.25. The molecule has 0 bridgehead atoms. The molecule has 3 N–H and O–H groups in total. The molecule has 2 aromatic carbocycles. The van der Waals surface area contributed by atoms with Crippen LogP contribution in [0.1, 0.15) is 27.0 Å². The molecule has 0 saturated carbocycles. The van der Waals surface area contributed by atoms with Crippen LogP contribution < -0.4 is 11.1 Å². The van der Waals surface area contributed by atoms with Crippen molar-refractivity contribution in [3.63, 3.8) is 0 Å². The maximum Gasteiger partial charge on any atom is 0.340 e. The van der Waals surface area contributed by atoms with Crippen molar-refractivity contribution in [3.8, 4) is 0 Å². The van der Waals surface area contributed by atoms with Gasteiger partial charge in [0, 0.05) is 12.6 Å². The van der Waals surface area contributed by atoms with Crippen molar-refractivity contribution in [1.29, 1.82) is 0 Å². The lowest BCUT2D eigenvalue weighted by Crippen LogP contribution is -2.12. The molecule has 160 valence electrons. The minimum Gasteiger partial charge on any atom is -0.465 e. The lowest BCUT2D eigenvalue weighted by Gasteiger charge is -2.16. The molecule has 0 atom stereocenters. The predicted molar refractivity (Wildman–Crippen MR) is 109 cm³/mol. The van der Waals surface area contributed by atoms with Crippen molar-refractivity contribution in [2.75, 3.05) is 18.2 Å². The molecule has 31 heavy (non-hydrogen) atoms. The van der Waals surface area contributed by atoms with Gasteiger partial charge in [0.2, 0.25) is 0 Å². The number of aromatic nitrogens is 1. The third kappa shape index (κ3) is 4.35. The number of halogens is 4. The molecule has 3 aromatic rings. The Bertz CT molecular complexity index is 1180. The Hall–Kier alpha value is -3.88. The molecule has 0 saturated heterocycles. The summed E-state index contributed by atoms with van der Waals surface area (Å²) < 4.78 is 62.9. The predicted octanol–water partition coefficient (Wildman–Crippen LogP) is 4.98. The van der Waals surface area contributed by atoms with Crippen LogP contribution in [-0.2, 0) is 11.2 Å². The molecule has 0 unspecified atom stereocenters. The second kappa shape index (κ2) is 8.86. The minimum atomic E-state index is -1.45. The Kier molecular flexibility index (Phi) is 6.24. The zero-order valence-electron chi connectivity index (χ0n) is 16.3. The second-order valence-electron chi connectivity index (χ2n) is 6.49. The molecular weight excluding hydrogens is 414 g/mol. The van der Waals surface area contributed by atoms with E-state index >= 15 is 0 Å². The fourth-order valence-corrected chi connectivity index (χ4v) is 2.94. The molecule has 0 fully saturated rings. The number of rotatable bonds is 6. The largest absolute Gasteiger partial charge is 0.465 e. The number of pyridine rings is 1. The number of carbonyl (C=O) groups is 1. The third-order valence-corrected chi connectivity index (χ3v) is 4.55. The van der Waals surface area contributed by atoms with Gasteiger partial charge in [0.1, 0.15) is 5.82 Å². The van der Waals surface area contributed by atoms with Crippen LogP contribution >= 0.6 is 0 Å². The number of benzene rings is 2. The molecule has 0 aliphatic carbocycles. The number of nitrogen functional groups attached to an aromatic ring is 1. The van der Waals surface area contributed by atoms with Crippen molar-refractivity contribution < 1.29 is 27.1 Å². The van der Waals surface area contributed by atoms with E-state index in [0.29, 0.717) is 5.56 Å². The van der Waals surface area contributed by atoms with Gasteiger partial charge in [-0.2, -0.15) is 0 Å². The average molecular weight is 431 g/mol. The number of nitrogens with zero attached hydrogens (tertiary/aromatic N) is 1. The summed E-state index contributed by atoms with van der Waals surface area (Å²) in [5, 5.41) is 2.40. The van der Waals surface area contributed by atoms with E-state index in [9.17, 15) is 22.4 Å². The van der Waals surface area contributed by atoms with Gasteiger partial charge in [0.25, 0.3) is 0 Å². The highest BCUT2D eigenvalue weighted by molar-refractivity contribution is 5.97. The van der Waals surface area contributed by atoms with Crippen LogP contribution in [0, 0.1) is 23.3 Å². The molecular formula is C22H17F4N3O2. The first-order valence-corrected chi connectivity index (χ1v) is 8.93. The highest BCUT2D eigenvalue weighted by atomic mass is 19.2. The number of methoxy groups -OCH3 is 1. The first-order chi connectivity index (χ1) is 14.8. The molecule has 0 spiro atoms. The first-order valence-electron chi connectivity index (χ1n) is 8.93. The smallest absolute Gasteiger partial charge is 0.340 e. The van der Waals surface area contributed by atoms with Gasteiger partial charge in [-0.3, -0.25) is 0 Å². The van der Waals surface area contributed by atoms with Gasteiger partial charge >= 0.3 is 5.97 Å². The van der Waals surface area contributed by atoms with E-state index in [-0.39, 0.29) is 16.8 Å². The van der Waals surface area contributed by atoms with Crippen LogP contribution in [0.3, 0.4) is 0 Å². The number of nitrogens with one attached hydrogen (secondary N) is 1. The molecule has 0 amide bonds. The van der Waals surface area contributed by atoms with Gasteiger partial charge in [-0.05, 0) is 41.0 Å². The maximum atomic E-state index is 15.0. The molecule has 1 heterocycles. The topological polar surface area (TPSA) is 77.2 Å². The van der Waals surface area contributed by atoms with E-state index in [1.54, 1.807) is 0 Å². The Labute approximate surface area is 175 Å². The summed E-state index contributed by atoms with van der Waals surface area (Å²) in [6, 6.07) is 6.18. The summed E-state index contributed by atoms with van der Waals surface area (Å²) in [5.41, 5.74) is 4.29. The number of anilines is 3. The van der Waals surface area contributed by atoms with E-state index in [0.717, 1.165) is 19.2 Å². The fraction of sp³-hybridized carbons (Fsp3) is 0.0909. The third-order valence-electron chi connectivity index (χ3n) is 4.55. The zero-order valence-corrected chi connectivity index (χ0v) is 16.3. The molecule has 1 aromatic heterocycles. The van der Waals surface area contributed by atoms with E-state index in [1.807, 2.05) is 0 Å². The van der Waals surface area contributed by atoms with Crippen LogP contribution in [0.5, 0.6) is 0 Å². The summed E-state index contributed by atoms with van der Waals surface area (Å²) in [4.78, 5) is 15.8. The number of ether oxygens (including phenoxy) is 1. The van der Waals surface area contributed by atoms with E-state index in [4.69, 9.17) is 5.73 Å². The average Bonchev–Trinajstić information content (AvgIpc) is 2.76. The number of nitrogens with two attached hydrogens (primary N) is 1. The SMILES string of the molecule is C=Cc1ccc(Nc2c(C(=O)OC)cc(Cc3ccnc(N)c3F)c(F)c2F)c(F)c1. The summed E-state index contributed by atoms with van der Waals surface area (Å²) in [6.07, 6.45) is 2.22. The van der Waals surface area contributed by atoms with Crippen molar-refractivity contribution in [1.82, 2.24) is 4.98 Å². The lowest BCUT2D eigenvalue weighted by molar-refractivity contribution is 0.0601. The Morgan fingerprint density at radius 3 is 2.52 bits per heavy atom. The Morgan fingerprint density at radius 2 is 1.87 bits per heavy atom. The maximum absolute atomic E-state index is 15.0. The summed E-state index contributed by atoms with van der Waals surface area (Å²) in [7, 11) is 1.05. The normalized spacial score (nSPS) is 10.6. The van der Waals surface area contributed by atoms with Crippen molar-refractivity contribution in [2.24, 2.45) is 0 Å². The van der Waals surface area contributed by atoms with Crippen LogP contribution in [0.2, 0.25) is 0 Å². The van der Waals surface area contributed by atoms with Gasteiger partial charge in [-0.25, -0.2) is 27.3 Å². The van der Waals surface area contributed by atoms with Crippen molar-refractivity contribution >= 4 is 29.2 Å². The molecule has 9 heteroatoms. The van der Waals surface area contributed by atoms with Crippen molar-refractivity contribution in [3.05, 3.63) is 88.6 Å². The zero-order chi connectivity index (χ0) is 22.7. The number of hydrogen-bond acceptors (Lipinski definition) is 5. The van der Waals surface area contributed by atoms with Gasteiger partial charge in [0.05, 0.1) is 24.0 Å². The van der Waals surface area contributed by atoms with E-state index in [1.165, 1.54) is 30.5 Å². The molecule has 0 aliphatic heterocycles. The Morgan fingerprint density at radius 1 is 1.13 bits per heavy atom. The standard InChI is InChI=1S/C22H17F4N3O2/c1-3-11-4-5-16(15(23)8-11)29-20-14(22(30)31-2)10-13(17(24)19(20)26)9-12-6-7-28-21(27)18(12)25/h3-8,10,29H,1,9H2,2H3,(H2,27,28). The van der Waals surface area contributed by atoms with Gasteiger partial charge in [-0.1, -0.05) is 18.7 Å². The number of esters is 1. The molecule has 0 aliphatic rings. The number of carbonyl (C=O) groups excluding carboxylic acids is 1. The summed E-state index contributed by atoms with van der Waals surface area (Å²) in [5.74, 6) is -5.84. The first kappa shape index (κ1) is 21.8. The van der Waals surface area contributed by atoms with E-state index in [2.05, 4.69) is 21.6 Å². The quantitative estimate of drug-likeness (QED) is 0.425. The monoisotopic (exact) mass is 431 g/mol. The van der Waals surface area contributed by atoms with Crippen LogP contribution in [0.4, 0.5) is 34.8 Å².